The molecule has 1 aliphatic rings. The van der Waals surface area contributed by atoms with E-state index in [1.807, 2.05) is 4.90 Å². The first-order chi connectivity index (χ1) is 14.1. The zero-order valence-electron chi connectivity index (χ0n) is 15.2. The van der Waals surface area contributed by atoms with Gasteiger partial charge in [0, 0.05) is 24.5 Å². The van der Waals surface area contributed by atoms with E-state index in [1.54, 1.807) is 29.2 Å². The average molecular weight is 394 g/mol. The molecular weight excluding hydrogens is 378 g/mol. The van der Waals surface area contributed by atoms with Crippen molar-refractivity contribution in [2.45, 2.75) is 18.9 Å². The minimum absolute atomic E-state index is 0.293. The van der Waals surface area contributed by atoms with Crippen molar-refractivity contribution in [2.75, 3.05) is 11.4 Å². The van der Waals surface area contributed by atoms with Gasteiger partial charge in [0.1, 0.15) is 23.1 Å². The fraction of sp³-hybridized carbons (Fsp3) is 0.200. The fourth-order valence-corrected chi connectivity index (χ4v) is 3.83. The fourth-order valence-electron chi connectivity index (χ4n) is 3.83. The number of rotatable bonds is 4. The van der Waals surface area contributed by atoms with E-state index in [2.05, 4.69) is 10.2 Å². The Balaban J connectivity index is 1.56. The van der Waals surface area contributed by atoms with Crippen LogP contribution in [0.2, 0.25) is 0 Å². The molecule has 1 unspecified atom stereocenters. The van der Waals surface area contributed by atoms with Gasteiger partial charge < -0.3 is 4.90 Å². The number of halogens is 2. The third kappa shape index (κ3) is 2.95. The first-order valence-corrected chi connectivity index (χ1v) is 9.20. The van der Waals surface area contributed by atoms with Crippen LogP contribution >= 0.6 is 0 Å². The van der Waals surface area contributed by atoms with Gasteiger partial charge in [0.15, 0.2) is 11.9 Å². The van der Waals surface area contributed by atoms with E-state index in [0.717, 1.165) is 24.8 Å². The van der Waals surface area contributed by atoms with Gasteiger partial charge in [0.05, 0.1) is 24.0 Å². The van der Waals surface area contributed by atoms with E-state index in [1.165, 1.54) is 16.9 Å². The number of aromatic nitrogens is 5. The maximum Gasteiger partial charge on any atom is 0.183 e. The number of hydrogen-bond donors (Lipinski definition) is 0. The molecule has 1 atom stereocenters. The number of hydrogen-bond acceptors (Lipinski definition) is 5. The van der Waals surface area contributed by atoms with Crippen LogP contribution in [0.4, 0.5) is 14.6 Å². The Bertz CT molecular complexity index is 1220. The zero-order chi connectivity index (χ0) is 20.0. The molecule has 0 radical (unpaired) electrons. The summed E-state index contributed by atoms with van der Waals surface area (Å²) in [7, 11) is 0. The van der Waals surface area contributed by atoms with Crippen molar-refractivity contribution in [3.63, 3.8) is 0 Å². The van der Waals surface area contributed by atoms with Crippen molar-refractivity contribution in [1.29, 1.82) is 0 Å². The third-order valence-corrected chi connectivity index (χ3v) is 5.19. The highest BCUT2D eigenvalue weighted by molar-refractivity contribution is 5.74. The van der Waals surface area contributed by atoms with E-state index in [-0.39, 0.29) is 6.04 Å². The molecule has 0 saturated carbocycles. The molecule has 0 spiro atoms. The zero-order valence-corrected chi connectivity index (χ0v) is 15.2. The third-order valence-electron chi connectivity index (χ3n) is 5.19. The second kappa shape index (κ2) is 6.77. The molecule has 146 valence electrons. The standard InChI is InChI=1S/C20H16F2N6O/c21-14-3-4-16(22)15(8-14)17-2-1-6-26(17)19-5-7-27-20(25-19)18(10-24-27)28-11-13(12-29)9-23-28/h3-5,7-12,17H,1-2,6H2. The minimum Gasteiger partial charge on any atom is -0.349 e. The lowest BCUT2D eigenvalue weighted by atomic mass is 10.0. The topological polar surface area (TPSA) is 68.3 Å². The van der Waals surface area contributed by atoms with Gasteiger partial charge in [-0.3, -0.25) is 4.79 Å². The van der Waals surface area contributed by atoms with Gasteiger partial charge in [0.25, 0.3) is 0 Å². The maximum atomic E-state index is 14.4. The molecule has 7 nitrogen and oxygen atoms in total. The number of fused-ring (bicyclic) bond motifs is 1. The van der Waals surface area contributed by atoms with Gasteiger partial charge >= 0.3 is 0 Å². The van der Waals surface area contributed by atoms with Crippen molar-refractivity contribution in [3.05, 3.63) is 71.8 Å². The second-order valence-electron chi connectivity index (χ2n) is 6.94. The molecular formula is C20H16F2N6O. The summed E-state index contributed by atoms with van der Waals surface area (Å²) < 4.78 is 31.2. The number of aldehydes is 1. The lowest BCUT2D eigenvalue weighted by Crippen LogP contribution is -2.24. The normalized spacial score (nSPS) is 16.6. The molecule has 0 aliphatic carbocycles. The molecule has 1 saturated heterocycles. The van der Waals surface area contributed by atoms with Gasteiger partial charge in [-0.15, -0.1) is 0 Å². The van der Waals surface area contributed by atoms with E-state index in [0.29, 0.717) is 41.2 Å². The predicted octanol–water partition coefficient (Wildman–Crippen LogP) is 3.35. The minimum atomic E-state index is -0.459. The van der Waals surface area contributed by atoms with Crippen LogP contribution in [0, 0.1) is 11.6 Å². The van der Waals surface area contributed by atoms with Crippen molar-refractivity contribution >= 4 is 17.8 Å². The van der Waals surface area contributed by atoms with Crippen LogP contribution < -0.4 is 4.90 Å². The largest absolute Gasteiger partial charge is 0.349 e. The van der Waals surface area contributed by atoms with E-state index >= 15 is 0 Å². The van der Waals surface area contributed by atoms with E-state index < -0.39 is 11.6 Å². The van der Waals surface area contributed by atoms with Crippen LogP contribution in [0.1, 0.15) is 34.8 Å². The van der Waals surface area contributed by atoms with Gasteiger partial charge in [-0.05, 0) is 37.1 Å². The molecule has 3 aromatic heterocycles. The molecule has 29 heavy (non-hydrogen) atoms. The molecule has 4 heterocycles. The first kappa shape index (κ1) is 17.5. The molecule has 4 aromatic rings. The summed E-state index contributed by atoms with van der Waals surface area (Å²) in [6, 6.07) is 5.05. The Kier molecular flexibility index (Phi) is 4.08. The average Bonchev–Trinajstić information content (AvgIpc) is 3.47. The monoisotopic (exact) mass is 394 g/mol. The first-order valence-electron chi connectivity index (χ1n) is 9.20. The Labute approximate surface area is 164 Å². The summed E-state index contributed by atoms with van der Waals surface area (Å²) in [4.78, 5) is 17.6. The second-order valence-corrected chi connectivity index (χ2v) is 6.94. The van der Waals surface area contributed by atoms with Gasteiger partial charge in [0.2, 0.25) is 0 Å². The number of nitrogens with zero attached hydrogens (tertiary/aromatic N) is 6. The van der Waals surface area contributed by atoms with Crippen LogP contribution in [-0.4, -0.2) is 37.2 Å². The summed E-state index contributed by atoms with van der Waals surface area (Å²) in [5, 5.41) is 8.46. The highest BCUT2D eigenvalue weighted by Crippen LogP contribution is 2.37. The molecule has 0 N–H and O–H groups in total. The highest BCUT2D eigenvalue weighted by atomic mass is 19.1. The lowest BCUT2D eigenvalue weighted by Gasteiger charge is -2.26. The Morgan fingerprint density at radius 3 is 2.86 bits per heavy atom. The van der Waals surface area contributed by atoms with Crippen molar-refractivity contribution < 1.29 is 13.6 Å². The number of carbonyl (C=O) groups is 1. The van der Waals surface area contributed by atoms with Gasteiger partial charge in [-0.25, -0.2) is 23.0 Å². The van der Waals surface area contributed by atoms with Crippen molar-refractivity contribution in [1.82, 2.24) is 24.4 Å². The van der Waals surface area contributed by atoms with Crippen LogP contribution in [-0.2, 0) is 0 Å². The molecule has 1 aromatic carbocycles. The summed E-state index contributed by atoms with van der Waals surface area (Å²) in [6.45, 7) is 0.685. The molecule has 1 aliphatic heterocycles. The Hall–Kier alpha value is -3.62. The number of benzene rings is 1. The van der Waals surface area contributed by atoms with Crippen molar-refractivity contribution in [3.8, 4) is 5.69 Å². The molecule has 9 heteroatoms. The molecule has 5 rings (SSSR count). The van der Waals surface area contributed by atoms with Crippen LogP contribution in [0.5, 0.6) is 0 Å². The SMILES string of the molecule is O=Cc1cnn(-c2cnn3ccc(N4CCCC4c4cc(F)ccc4F)nc23)c1. The van der Waals surface area contributed by atoms with Gasteiger partial charge in [-0.2, -0.15) is 10.2 Å². The summed E-state index contributed by atoms with van der Waals surface area (Å²) in [6.07, 6.45) is 8.71. The lowest BCUT2D eigenvalue weighted by molar-refractivity contribution is 0.112. The van der Waals surface area contributed by atoms with Crippen LogP contribution in [0.25, 0.3) is 11.3 Å². The summed E-state index contributed by atoms with van der Waals surface area (Å²) >= 11 is 0. The quantitative estimate of drug-likeness (QED) is 0.497. The number of anilines is 1. The predicted molar refractivity (Wildman–Crippen MR) is 101 cm³/mol. The van der Waals surface area contributed by atoms with E-state index in [9.17, 15) is 13.6 Å². The number of carbonyl (C=O) groups excluding carboxylic acids is 1. The Morgan fingerprint density at radius 1 is 1.14 bits per heavy atom. The summed E-state index contributed by atoms with van der Waals surface area (Å²) in [5.74, 6) is -0.236. The van der Waals surface area contributed by atoms with Crippen LogP contribution in [0.15, 0.2) is 49.1 Å². The smallest absolute Gasteiger partial charge is 0.183 e. The Morgan fingerprint density at radius 2 is 2.03 bits per heavy atom. The van der Waals surface area contributed by atoms with Crippen LogP contribution in [0.3, 0.4) is 0 Å². The van der Waals surface area contributed by atoms with E-state index in [4.69, 9.17) is 4.98 Å². The molecule has 1 fully saturated rings. The maximum absolute atomic E-state index is 14.4. The van der Waals surface area contributed by atoms with Crippen molar-refractivity contribution in [2.24, 2.45) is 0 Å². The molecule has 0 amide bonds. The highest BCUT2D eigenvalue weighted by Gasteiger charge is 2.30. The van der Waals surface area contributed by atoms with Gasteiger partial charge in [-0.1, -0.05) is 0 Å². The summed E-state index contributed by atoms with van der Waals surface area (Å²) in [5.41, 5.74) is 1.95. The molecule has 0 bridgehead atoms.